The van der Waals surface area contributed by atoms with Crippen LogP contribution in [0.5, 0.6) is 5.75 Å². The monoisotopic (exact) mass is 543 g/mol. The predicted octanol–water partition coefficient (Wildman–Crippen LogP) is -1.70. The third-order valence-corrected chi connectivity index (χ3v) is 5.76. The first kappa shape index (κ1) is 30.7. The van der Waals surface area contributed by atoms with Crippen molar-refractivity contribution in [1.82, 2.24) is 16.0 Å². The van der Waals surface area contributed by atoms with Gasteiger partial charge in [0.05, 0.1) is 12.6 Å². The van der Waals surface area contributed by atoms with Crippen LogP contribution in [-0.2, 0) is 36.8 Å². The molecular formula is C26H33N5O8. The molecule has 0 aromatic heterocycles. The molecule has 13 heteroatoms. The second-order valence-electron chi connectivity index (χ2n) is 8.88. The van der Waals surface area contributed by atoms with E-state index in [1.165, 1.54) is 24.3 Å². The van der Waals surface area contributed by atoms with Gasteiger partial charge in [-0.15, -0.1) is 0 Å². The number of phenolic OH excluding ortho intramolecular Hbond substituents is 1. The molecule has 4 atom stereocenters. The van der Waals surface area contributed by atoms with E-state index in [-0.39, 0.29) is 31.4 Å². The van der Waals surface area contributed by atoms with Crippen LogP contribution < -0.4 is 27.4 Å². The largest absolute Gasteiger partial charge is 0.508 e. The van der Waals surface area contributed by atoms with Gasteiger partial charge in [-0.1, -0.05) is 42.5 Å². The summed E-state index contributed by atoms with van der Waals surface area (Å²) in [5.74, 6) is -4.50. The Balaban J connectivity index is 2.16. The van der Waals surface area contributed by atoms with Gasteiger partial charge >= 0.3 is 5.97 Å². The van der Waals surface area contributed by atoms with Crippen LogP contribution in [0.1, 0.15) is 24.0 Å². The minimum Gasteiger partial charge on any atom is -0.508 e. The van der Waals surface area contributed by atoms with Crippen LogP contribution in [0.4, 0.5) is 0 Å². The van der Waals surface area contributed by atoms with Crippen molar-refractivity contribution in [2.24, 2.45) is 11.5 Å². The molecule has 4 unspecified atom stereocenters. The fraction of sp³-hybridized carbons (Fsp3) is 0.346. The maximum Gasteiger partial charge on any atom is 0.326 e. The van der Waals surface area contributed by atoms with Gasteiger partial charge in [-0.25, -0.2) is 4.79 Å². The summed E-state index contributed by atoms with van der Waals surface area (Å²) in [6, 6.07) is 9.17. The molecule has 2 rings (SSSR count). The van der Waals surface area contributed by atoms with Crippen LogP contribution in [0, 0.1) is 0 Å². The van der Waals surface area contributed by atoms with Crippen molar-refractivity contribution in [1.29, 1.82) is 0 Å². The number of nitrogens with two attached hydrogens (primary N) is 2. The van der Waals surface area contributed by atoms with Crippen molar-refractivity contribution in [2.45, 2.75) is 49.9 Å². The maximum atomic E-state index is 13.2. The number of amides is 4. The van der Waals surface area contributed by atoms with Crippen molar-refractivity contribution in [2.75, 3.05) is 6.61 Å². The van der Waals surface area contributed by atoms with Crippen LogP contribution in [0.2, 0.25) is 0 Å². The average Bonchev–Trinajstić information content (AvgIpc) is 2.90. The fourth-order valence-corrected chi connectivity index (χ4v) is 3.57. The first-order valence-electron chi connectivity index (χ1n) is 12.1. The van der Waals surface area contributed by atoms with Crippen LogP contribution in [0.25, 0.3) is 0 Å². The molecule has 10 N–H and O–H groups in total. The zero-order valence-corrected chi connectivity index (χ0v) is 21.1. The molecule has 0 fully saturated rings. The number of carbonyl (C=O) groups is 5. The molecule has 2 aromatic carbocycles. The molecule has 210 valence electrons. The molecule has 0 saturated carbocycles. The summed E-state index contributed by atoms with van der Waals surface area (Å²) in [6.07, 6.45) is -0.337. The molecule has 39 heavy (non-hydrogen) atoms. The highest BCUT2D eigenvalue weighted by Gasteiger charge is 2.30. The number of carboxylic acids is 1. The average molecular weight is 544 g/mol. The Kier molecular flexibility index (Phi) is 11.9. The third-order valence-electron chi connectivity index (χ3n) is 5.76. The summed E-state index contributed by atoms with van der Waals surface area (Å²) < 4.78 is 0. The highest BCUT2D eigenvalue weighted by molar-refractivity contribution is 5.94. The van der Waals surface area contributed by atoms with Crippen molar-refractivity contribution in [3.8, 4) is 5.75 Å². The number of hydrogen-bond donors (Lipinski definition) is 8. The lowest BCUT2D eigenvalue weighted by molar-refractivity contribution is -0.142. The van der Waals surface area contributed by atoms with Crippen molar-refractivity contribution in [3.05, 3.63) is 65.7 Å². The standard InChI is InChI=1S/C26H33N5O8/c27-18(10-11-22(28)34)23(35)31-21(14-32)25(37)29-19(12-15-4-2-1-3-5-15)24(36)30-20(26(38)39)13-16-6-8-17(33)9-7-16/h1-9,18-21,32-33H,10-14,27H2,(H2,28,34)(H,29,37)(H,30,36)(H,31,35)(H,38,39). The Morgan fingerprint density at radius 3 is 1.82 bits per heavy atom. The highest BCUT2D eigenvalue weighted by atomic mass is 16.4. The van der Waals surface area contributed by atoms with Crippen molar-refractivity contribution < 1.29 is 39.3 Å². The van der Waals surface area contributed by atoms with E-state index in [1.54, 1.807) is 30.3 Å². The summed E-state index contributed by atoms with van der Waals surface area (Å²) in [5.41, 5.74) is 12.0. The first-order valence-corrected chi connectivity index (χ1v) is 12.1. The number of aliphatic carboxylic acids is 1. The Labute approximate surface area is 224 Å². The molecule has 0 aliphatic carbocycles. The quantitative estimate of drug-likeness (QED) is 0.128. The molecule has 0 aliphatic heterocycles. The number of carboxylic acid groups (broad SMARTS) is 1. The predicted molar refractivity (Wildman–Crippen MR) is 139 cm³/mol. The molecule has 0 saturated heterocycles. The van der Waals surface area contributed by atoms with Crippen molar-refractivity contribution in [3.63, 3.8) is 0 Å². The van der Waals surface area contributed by atoms with E-state index in [1.807, 2.05) is 0 Å². The van der Waals surface area contributed by atoms with Gasteiger partial charge in [0.25, 0.3) is 0 Å². The van der Waals surface area contributed by atoms with Crippen LogP contribution >= 0.6 is 0 Å². The normalized spacial score (nSPS) is 13.8. The minimum atomic E-state index is -1.48. The molecule has 0 heterocycles. The second kappa shape index (κ2) is 15.1. The lowest BCUT2D eigenvalue weighted by Gasteiger charge is -2.24. The molecule has 0 radical (unpaired) electrons. The summed E-state index contributed by atoms with van der Waals surface area (Å²) in [6.45, 7) is -0.821. The molecule has 2 aromatic rings. The van der Waals surface area contributed by atoms with E-state index in [0.29, 0.717) is 11.1 Å². The van der Waals surface area contributed by atoms with E-state index in [4.69, 9.17) is 11.5 Å². The number of aromatic hydroxyl groups is 1. The Morgan fingerprint density at radius 1 is 0.744 bits per heavy atom. The van der Waals surface area contributed by atoms with Crippen LogP contribution in [0.3, 0.4) is 0 Å². The summed E-state index contributed by atoms with van der Waals surface area (Å²) in [5, 5.41) is 36.0. The van der Waals surface area contributed by atoms with Gasteiger partial charge in [0.1, 0.15) is 23.9 Å². The SMILES string of the molecule is NC(=O)CCC(N)C(=O)NC(CO)C(=O)NC(Cc1ccccc1)C(=O)NC(Cc1ccc(O)cc1)C(=O)O. The number of aliphatic hydroxyl groups excluding tert-OH is 1. The Hall–Kier alpha value is -4.49. The zero-order chi connectivity index (χ0) is 28.9. The van der Waals surface area contributed by atoms with Gasteiger partial charge in [-0.3, -0.25) is 19.2 Å². The summed E-state index contributed by atoms with van der Waals surface area (Å²) >= 11 is 0. The minimum absolute atomic E-state index is 0.000322. The molecule has 0 aliphatic rings. The third kappa shape index (κ3) is 10.4. The molecular weight excluding hydrogens is 510 g/mol. The van der Waals surface area contributed by atoms with Gasteiger partial charge in [0.2, 0.25) is 23.6 Å². The molecule has 4 amide bonds. The van der Waals surface area contributed by atoms with E-state index in [2.05, 4.69) is 16.0 Å². The lowest BCUT2D eigenvalue weighted by atomic mass is 10.0. The zero-order valence-electron chi connectivity index (χ0n) is 21.1. The number of primary amides is 1. The first-order chi connectivity index (χ1) is 18.5. The van der Waals surface area contributed by atoms with Gasteiger partial charge in [-0.05, 0) is 29.7 Å². The van der Waals surface area contributed by atoms with E-state index < -0.39 is 60.4 Å². The number of rotatable bonds is 15. The fourth-order valence-electron chi connectivity index (χ4n) is 3.57. The van der Waals surface area contributed by atoms with Gasteiger partial charge in [0.15, 0.2) is 0 Å². The summed E-state index contributed by atoms with van der Waals surface area (Å²) in [7, 11) is 0. The Morgan fingerprint density at radius 2 is 1.26 bits per heavy atom. The van der Waals surface area contributed by atoms with Crippen LogP contribution in [0.15, 0.2) is 54.6 Å². The van der Waals surface area contributed by atoms with E-state index in [9.17, 15) is 39.3 Å². The molecule has 13 nitrogen and oxygen atoms in total. The highest BCUT2D eigenvalue weighted by Crippen LogP contribution is 2.12. The second-order valence-corrected chi connectivity index (χ2v) is 8.88. The van der Waals surface area contributed by atoms with E-state index in [0.717, 1.165) is 0 Å². The number of carbonyl (C=O) groups excluding carboxylic acids is 4. The maximum absolute atomic E-state index is 13.2. The lowest BCUT2D eigenvalue weighted by Crippen LogP contribution is -2.58. The topological polar surface area (TPSA) is 234 Å². The van der Waals surface area contributed by atoms with E-state index >= 15 is 0 Å². The van der Waals surface area contributed by atoms with Crippen molar-refractivity contribution >= 4 is 29.6 Å². The number of phenols is 1. The Bertz CT molecular complexity index is 1140. The molecule has 0 spiro atoms. The van der Waals surface area contributed by atoms with Gasteiger partial charge in [0, 0.05) is 19.3 Å². The number of benzene rings is 2. The summed E-state index contributed by atoms with van der Waals surface area (Å²) in [4.78, 5) is 61.2. The van der Waals surface area contributed by atoms with Crippen LogP contribution in [-0.4, -0.2) is 75.7 Å². The smallest absolute Gasteiger partial charge is 0.326 e. The molecule has 0 bridgehead atoms. The van der Waals surface area contributed by atoms with Gasteiger partial charge in [-0.2, -0.15) is 0 Å². The number of hydrogen-bond acceptors (Lipinski definition) is 8. The van der Waals surface area contributed by atoms with Gasteiger partial charge < -0.3 is 42.7 Å². The number of aliphatic hydroxyl groups is 1. The number of nitrogens with one attached hydrogen (secondary N) is 3.